The van der Waals surface area contributed by atoms with Gasteiger partial charge in [-0.3, -0.25) is 9.59 Å². The minimum absolute atomic E-state index is 0.0367. The Bertz CT molecular complexity index is 868. The van der Waals surface area contributed by atoms with E-state index in [9.17, 15) is 14.4 Å². The molecule has 1 aliphatic carbocycles. The molecule has 2 fully saturated rings. The first-order valence-corrected chi connectivity index (χ1v) is 12.5. The molecule has 2 atom stereocenters. The predicted molar refractivity (Wildman–Crippen MR) is 130 cm³/mol. The summed E-state index contributed by atoms with van der Waals surface area (Å²) in [5.41, 5.74) is 1.33. The number of hydrogen-bond acceptors (Lipinski definition) is 5. The van der Waals surface area contributed by atoms with Gasteiger partial charge in [0.05, 0.1) is 27.2 Å². The van der Waals surface area contributed by atoms with E-state index in [2.05, 4.69) is 5.32 Å². The minimum Gasteiger partial charge on any atom is -0.469 e. The maximum atomic E-state index is 12.8. The van der Waals surface area contributed by atoms with E-state index in [0.29, 0.717) is 24.4 Å². The molecule has 0 spiro atoms. The monoisotopic (exact) mass is 473 g/mol. The van der Waals surface area contributed by atoms with Crippen LogP contribution in [0, 0.1) is 5.92 Å². The van der Waals surface area contributed by atoms with E-state index in [0.717, 1.165) is 50.6 Å². The molecule has 2 amide bonds. The van der Waals surface area contributed by atoms with Gasteiger partial charge in [0, 0.05) is 30.4 Å². The number of likely N-dealkylation sites (N-methyl/N-ethyl adjacent to an activating group) is 1. The van der Waals surface area contributed by atoms with Gasteiger partial charge in [-0.05, 0) is 76.5 Å². The van der Waals surface area contributed by atoms with Gasteiger partial charge in [-0.2, -0.15) is 4.79 Å². The summed E-state index contributed by atoms with van der Waals surface area (Å²) in [6.45, 7) is 7.14. The maximum Gasteiger partial charge on any atom is 0.516 e. The molecule has 1 N–H and O–H groups in total. The number of carbonyl (C=O) groups is 3. The van der Waals surface area contributed by atoms with Gasteiger partial charge in [0.25, 0.3) is 5.91 Å². The van der Waals surface area contributed by atoms with E-state index in [4.69, 9.17) is 9.47 Å². The van der Waals surface area contributed by atoms with Gasteiger partial charge in [0.15, 0.2) is 0 Å². The van der Waals surface area contributed by atoms with Crippen molar-refractivity contribution in [3.05, 3.63) is 35.4 Å². The van der Waals surface area contributed by atoms with Crippen LogP contribution in [0.3, 0.4) is 0 Å². The molecule has 7 heteroatoms. The van der Waals surface area contributed by atoms with E-state index in [-0.39, 0.29) is 34.4 Å². The Morgan fingerprint density at radius 2 is 1.68 bits per heavy atom. The van der Waals surface area contributed by atoms with Crippen molar-refractivity contribution in [1.29, 1.82) is 0 Å². The van der Waals surface area contributed by atoms with Crippen LogP contribution >= 0.6 is 0 Å². The number of ether oxygens (including phenoxy) is 2. The number of amides is 2. The predicted octanol–water partition coefficient (Wildman–Crippen LogP) is 4.80. The number of rotatable bonds is 6. The number of hydrogen-bond donors (Lipinski definition) is 1. The van der Waals surface area contributed by atoms with E-state index in [1.54, 1.807) is 0 Å². The smallest absolute Gasteiger partial charge is 0.469 e. The van der Waals surface area contributed by atoms with Crippen LogP contribution in [0.2, 0.25) is 0 Å². The highest BCUT2D eigenvalue weighted by Gasteiger charge is 2.44. The molecule has 1 saturated carbocycles. The number of nitrogens with one attached hydrogen (secondary N) is 1. The summed E-state index contributed by atoms with van der Waals surface area (Å²) < 4.78 is 10.6. The number of esters is 1. The van der Waals surface area contributed by atoms with Crippen LogP contribution in [0.1, 0.15) is 87.6 Å². The zero-order valence-corrected chi connectivity index (χ0v) is 21.4. The molecule has 1 aromatic carbocycles. The second kappa shape index (κ2) is 10.9. The van der Waals surface area contributed by atoms with Crippen LogP contribution in [-0.4, -0.2) is 61.3 Å². The third-order valence-corrected chi connectivity index (χ3v) is 7.24. The fourth-order valence-corrected chi connectivity index (χ4v) is 5.11. The van der Waals surface area contributed by atoms with Crippen molar-refractivity contribution in [3.8, 4) is 0 Å². The molecule has 1 aliphatic heterocycles. The van der Waals surface area contributed by atoms with Crippen molar-refractivity contribution in [2.75, 3.05) is 27.2 Å². The number of quaternary nitrogens is 1. The summed E-state index contributed by atoms with van der Waals surface area (Å²) in [4.78, 5) is 36.8. The molecule has 2 unspecified atom stereocenters. The third-order valence-electron chi connectivity index (χ3n) is 7.24. The molecule has 0 bridgehead atoms. The average Bonchev–Trinajstić information content (AvgIpc) is 3.21. The first kappa shape index (κ1) is 26.2. The van der Waals surface area contributed by atoms with Gasteiger partial charge in [-0.25, -0.2) is 4.48 Å². The third kappa shape index (κ3) is 7.05. The van der Waals surface area contributed by atoms with Gasteiger partial charge >= 0.3 is 12.1 Å². The van der Waals surface area contributed by atoms with Gasteiger partial charge in [-0.1, -0.05) is 12.1 Å². The quantitative estimate of drug-likeness (QED) is 0.474. The van der Waals surface area contributed by atoms with Gasteiger partial charge in [0.2, 0.25) is 0 Å². The maximum absolute atomic E-state index is 12.8. The molecule has 0 radical (unpaired) electrons. The molecule has 7 nitrogen and oxygen atoms in total. The highest BCUT2D eigenvalue weighted by molar-refractivity contribution is 5.94. The Hall–Kier alpha value is -2.41. The van der Waals surface area contributed by atoms with E-state index in [1.165, 1.54) is 7.11 Å². The zero-order chi connectivity index (χ0) is 24.9. The first-order chi connectivity index (χ1) is 16.0. The average molecular weight is 474 g/mol. The molecule has 1 saturated heterocycles. The lowest BCUT2D eigenvalue weighted by Crippen LogP contribution is -2.49. The Morgan fingerprint density at radius 3 is 2.26 bits per heavy atom. The van der Waals surface area contributed by atoms with Crippen molar-refractivity contribution in [1.82, 2.24) is 5.32 Å². The molecule has 0 aromatic heterocycles. The van der Waals surface area contributed by atoms with Crippen LogP contribution in [0.5, 0.6) is 0 Å². The summed E-state index contributed by atoms with van der Waals surface area (Å²) >= 11 is 0. The second-order valence-corrected chi connectivity index (χ2v) is 11.2. The van der Waals surface area contributed by atoms with Crippen LogP contribution < -0.4 is 5.32 Å². The molecule has 2 aliphatic rings. The number of likely N-dealkylation sites (tertiary alicyclic amines) is 1. The van der Waals surface area contributed by atoms with E-state index >= 15 is 0 Å². The highest BCUT2D eigenvalue weighted by Crippen LogP contribution is 2.33. The molecule has 1 aromatic rings. The van der Waals surface area contributed by atoms with Crippen molar-refractivity contribution < 1.29 is 28.3 Å². The SMILES string of the molecule is COC(=O)CCC1CCC(NC(=O)c2ccc(C3CC[N+](C)(C(=O)OC(C)(C)C)C3)cc2)CC1. The van der Waals surface area contributed by atoms with Crippen molar-refractivity contribution in [3.63, 3.8) is 0 Å². The number of benzene rings is 1. The first-order valence-electron chi connectivity index (χ1n) is 12.5. The molecule has 34 heavy (non-hydrogen) atoms. The van der Waals surface area contributed by atoms with Crippen LogP contribution in [-0.2, 0) is 14.3 Å². The molecule has 1 heterocycles. The molecular weight excluding hydrogens is 432 g/mol. The Kier molecular flexibility index (Phi) is 8.39. The Balaban J connectivity index is 1.48. The van der Waals surface area contributed by atoms with Gasteiger partial charge in [0.1, 0.15) is 5.60 Å². The van der Waals surface area contributed by atoms with Gasteiger partial charge in [-0.15, -0.1) is 0 Å². The second-order valence-electron chi connectivity index (χ2n) is 11.2. The molecular formula is C27H41N2O5+. The van der Waals surface area contributed by atoms with Crippen LogP contribution in [0.25, 0.3) is 0 Å². The van der Waals surface area contributed by atoms with Crippen LogP contribution in [0.4, 0.5) is 4.79 Å². The topological polar surface area (TPSA) is 81.7 Å². The Morgan fingerprint density at radius 1 is 1.03 bits per heavy atom. The lowest BCUT2D eigenvalue weighted by molar-refractivity contribution is -0.826. The number of carbonyl (C=O) groups excluding carboxylic acids is 3. The summed E-state index contributed by atoms with van der Waals surface area (Å²) in [7, 11) is 3.37. The standard InChI is InChI=1S/C27H40N2O5/c1-27(2,3)34-26(32)29(4)17-16-22(18-29)20-9-11-21(12-10-20)25(31)28-23-13-6-19(7-14-23)8-15-24(30)33-5/h9-12,19,22-23H,6-8,13-18H2,1-5H3/p+1. The fourth-order valence-electron chi connectivity index (χ4n) is 5.11. The highest BCUT2D eigenvalue weighted by atomic mass is 16.6. The van der Waals surface area contributed by atoms with Gasteiger partial charge < -0.3 is 14.8 Å². The van der Waals surface area contributed by atoms with Crippen molar-refractivity contribution in [2.24, 2.45) is 5.92 Å². The van der Waals surface area contributed by atoms with Crippen LogP contribution in [0.15, 0.2) is 24.3 Å². The lowest BCUT2D eigenvalue weighted by atomic mass is 9.83. The van der Waals surface area contributed by atoms with Crippen molar-refractivity contribution >= 4 is 18.0 Å². The number of methoxy groups -OCH3 is 1. The minimum atomic E-state index is -0.492. The van der Waals surface area contributed by atoms with E-state index in [1.807, 2.05) is 52.1 Å². The fraction of sp³-hybridized carbons (Fsp3) is 0.667. The summed E-state index contributed by atoms with van der Waals surface area (Å²) in [6, 6.07) is 8.01. The van der Waals surface area contributed by atoms with E-state index < -0.39 is 5.60 Å². The molecule has 3 rings (SSSR count). The summed E-state index contributed by atoms with van der Waals surface area (Å²) in [6.07, 6.45) is 6.02. The molecule has 188 valence electrons. The summed E-state index contributed by atoms with van der Waals surface area (Å²) in [5.74, 6) is 0.618. The lowest BCUT2D eigenvalue weighted by Gasteiger charge is -2.29. The van der Waals surface area contributed by atoms with Crippen molar-refractivity contribution in [2.45, 2.75) is 83.3 Å². The summed E-state index contributed by atoms with van der Waals surface area (Å²) in [5, 5.41) is 3.18. The zero-order valence-electron chi connectivity index (χ0n) is 21.4. The largest absolute Gasteiger partial charge is 0.516 e. The Labute approximate surface area is 203 Å². The number of nitrogens with zero attached hydrogens (tertiary/aromatic N) is 1. The normalized spacial score (nSPS) is 27.1.